The zero-order valence-electron chi connectivity index (χ0n) is 11.8. The van der Waals surface area contributed by atoms with Crippen molar-refractivity contribution in [2.24, 2.45) is 11.7 Å². The van der Waals surface area contributed by atoms with Gasteiger partial charge in [-0.25, -0.2) is 9.59 Å². The highest BCUT2D eigenvalue weighted by molar-refractivity contribution is 5.83. The molecule has 7 nitrogen and oxygen atoms in total. The smallest absolute Gasteiger partial charge is 0.326 e. The zero-order valence-corrected chi connectivity index (χ0v) is 11.8. The van der Waals surface area contributed by atoms with Gasteiger partial charge in [0, 0.05) is 19.5 Å². The van der Waals surface area contributed by atoms with Gasteiger partial charge < -0.3 is 21.1 Å². The third-order valence-corrected chi connectivity index (χ3v) is 3.17. The number of carboxylic acids is 1. The van der Waals surface area contributed by atoms with Gasteiger partial charge in [-0.1, -0.05) is 13.8 Å². The summed E-state index contributed by atoms with van der Waals surface area (Å²) in [6.45, 7) is 5.82. The number of aliphatic carboxylic acids is 1. The molecule has 0 aromatic rings. The Hall–Kier alpha value is -1.79. The van der Waals surface area contributed by atoms with Crippen molar-refractivity contribution in [3.05, 3.63) is 0 Å². The summed E-state index contributed by atoms with van der Waals surface area (Å²) in [7, 11) is 1.60. The van der Waals surface area contributed by atoms with Gasteiger partial charge in [0.1, 0.15) is 6.04 Å². The Morgan fingerprint density at radius 3 is 2.16 bits per heavy atom. The van der Waals surface area contributed by atoms with Crippen LogP contribution in [0.5, 0.6) is 0 Å². The molecule has 0 aliphatic heterocycles. The van der Waals surface area contributed by atoms with Crippen molar-refractivity contribution in [2.45, 2.75) is 45.7 Å². The van der Waals surface area contributed by atoms with Gasteiger partial charge in [0.05, 0.1) is 0 Å². The summed E-state index contributed by atoms with van der Waals surface area (Å²) in [5.74, 6) is -1.52. The average Bonchev–Trinajstić information content (AvgIpc) is 2.31. The average molecular weight is 273 g/mol. The number of nitrogens with two attached hydrogens (primary N) is 1. The van der Waals surface area contributed by atoms with E-state index >= 15 is 0 Å². The van der Waals surface area contributed by atoms with E-state index in [0.29, 0.717) is 0 Å². The number of carbonyl (C=O) groups excluding carboxylic acids is 2. The van der Waals surface area contributed by atoms with Gasteiger partial charge in [-0.15, -0.1) is 0 Å². The Morgan fingerprint density at radius 2 is 1.79 bits per heavy atom. The first-order valence-electron chi connectivity index (χ1n) is 6.21. The van der Waals surface area contributed by atoms with Crippen LogP contribution < -0.4 is 11.1 Å². The van der Waals surface area contributed by atoms with Crippen LogP contribution in [0, 0.1) is 5.92 Å². The largest absolute Gasteiger partial charge is 0.480 e. The number of amides is 3. The molecule has 0 aromatic heterocycles. The van der Waals surface area contributed by atoms with Crippen LogP contribution in [-0.4, -0.2) is 47.0 Å². The maximum atomic E-state index is 11.9. The van der Waals surface area contributed by atoms with Gasteiger partial charge in [-0.3, -0.25) is 4.79 Å². The Balaban J connectivity index is 4.54. The van der Waals surface area contributed by atoms with E-state index in [4.69, 9.17) is 10.8 Å². The Morgan fingerprint density at radius 1 is 1.26 bits per heavy atom. The van der Waals surface area contributed by atoms with Gasteiger partial charge in [0.25, 0.3) is 0 Å². The molecule has 0 rings (SSSR count). The SMILES string of the molecule is CC(C)C(C)N(C)C(=O)N[C@H](CCC(N)=O)C(=O)O. The lowest BCUT2D eigenvalue weighted by molar-refractivity contribution is -0.139. The Kier molecular flexibility index (Phi) is 6.89. The lowest BCUT2D eigenvalue weighted by atomic mass is 10.1. The molecular weight excluding hydrogens is 250 g/mol. The van der Waals surface area contributed by atoms with Gasteiger partial charge in [0.2, 0.25) is 5.91 Å². The van der Waals surface area contributed by atoms with Crippen LogP contribution in [0.25, 0.3) is 0 Å². The first-order valence-corrected chi connectivity index (χ1v) is 6.21. The maximum absolute atomic E-state index is 11.9. The van der Waals surface area contributed by atoms with E-state index in [1.165, 1.54) is 4.90 Å². The second-order valence-electron chi connectivity index (χ2n) is 4.94. The predicted molar refractivity (Wildman–Crippen MR) is 70.4 cm³/mol. The number of nitrogens with one attached hydrogen (secondary N) is 1. The summed E-state index contributed by atoms with van der Waals surface area (Å²) in [4.78, 5) is 35.0. The van der Waals surface area contributed by atoms with Crippen molar-refractivity contribution in [2.75, 3.05) is 7.05 Å². The third-order valence-electron chi connectivity index (χ3n) is 3.17. The first kappa shape index (κ1) is 17.2. The normalized spacial score (nSPS) is 13.7. The van der Waals surface area contributed by atoms with Crippen molar-refractivity contribution in [1.82, 2.24) is 10.2 Å². The molecule has 4 N–H and O–H groups in total. The predicted octanol–water partition coefficient (Wildman–Crippen LogP) is 0.391. The van der Waals surface area contributed by atoms with Crippen LogP contribution >= 0.6 is 0 Å². The van der Waals surface area contributed by atoms with Crippen molar-refractivity contribution >= 4 is 17.9 Å². The molecular formula is C12H23N3O4. The summed E-state index contributed by atoms with van der Waals surface area (Å²) in [6.07, 6.45) is -0.0962. The number of urea groups is 1. The van der Waals surface area contributed by atoms with Crippen LogP contribution in [0.4, 0.5) is 4.79 Å². The van der Waals surface area contributed by atoms with Crippen molar-refractivity contribution < 1.29 is 19.5 Å². The number of nitrogens with zero attached hydrogens (tertiary/aromatic N) is 1. The summed E-state index contributed by atoms with van der Waals surface area (Å²) in [6, 6.07) is -1.61. The van der Waals surface area contributed by atoms with Crippen molar-refractivity contribution in [3.63, 3.8) is 0 Å². The number of carbonyl (C=O) groups is 3. The Bertz CT molecular complexity index is 344. The highest BCUT2D eigenvalue weighted by atomic mass is 16.4. The fourth-order valence-electron chi connectivity index (χ4n) is 1.43. The van der Waals surface area contributed by atoms with Gasteiger partial charge in [-0.2, -0.15) is 0 Å². The molecule has 3 amide bonds. The minimum Gasteiger partial charge on any atom is -0.480 e. The summed E-state index contributed by atoms with van der Waals surface area (Å²) in [5.41, 5.74) is 4.96. The molecule has 110 valence electrons. The third kappa shape index (κ3) is 6.08. The molecule has 0 radical (unpaired) electrons. The summed E-state index contributed by atoms with van der Waals surface area (Å²) in [5, 5.41) is 11.4. The quantitative estimate of drug-likeness (QED) is 0.622. The molecule has 2 atom stereocenters. The summed E-state index contributed by atoms with van der Waals surface area (Å²) < 4.78 is 0. The highest BCUT2D eigenvalue weighted by Crippen LogP contribution is 2.08. The zero-order chi connectivity index (χ0) is 15.2. The van der Waals surface area contributed by atoms with Crippen LogP contribution in [0.3, 0.4) is 0 Å². The highest BCUT2D eigenvalue weighted by Gasteiger charge is 2.24. The lowest BCUT2D eigenvalue weighted by Crippen LogP contribution is -2.50. The molecule has 0 fully saturated rings. The molecule has 0 bridgehead atoms. The lowest BCUT2D eigenvalue weighted by Gasteiger charge is -2.29. The maximum Gasteiger partial charge on any atom is 0.326 e. The number of carboxylic acid groups (broad SMARTS) is 1. The second-order valence-corrected chi connectivity index (χ2v) is 4.94. The molecule has 0 saturated heterocycles. The van der Waals surface area contributed by atoms with E-state index in [-0.39, 0.29) is 24.8 Å². The van der Waals surface area contributed by atoms with Gasteiger partial charge in [0.15, 0.2) is 0 Å². The molecule has 0 aromatic carbocycles. The van der Waals surface area contributed by atoms with E-state index in [0.717, 1.165) is 0 Å². The summed E-state index contributed by atoms with van der Waals surface area (Å²) >= 11 is 0. The van der Waals surface area contributed by atoms with Gasteiger partial charge >= 0.3 is 12.0 Å². The molecule has 19 heavy (non-hydrogen) atoms. The fourth-order valence-corrected chi connectivity index (χ4v) is 1.43. The van der Waals surface area contributed by atoms with Crippen LogP contribution in [-0.2, 0) is 9.59 Å². The number of hydrogen-bond acceptors (Lipinski definition) is 3. The minimum absolute atomic E-state index is 0.0136. The fraction of sp³-hybridized carbons (Fsp3) is 0.750. The van der Waals surface area contributed by atoms with Crippen molar-refractivity contribution in [1.29, 1.82) is 0 Å². The van der Waals surface area contributed by atoms with Gasteiger partial charge in [-0.05, 0) is 19.3 Å². The van der Waals surface area contributed by atoms with Crippen LogP contribution in [0.15, 0.2) is 0 Å². The molecule has 0 saturated carbocycles. The first-order chi connectivity index (χ1) is 8.66. The van der Waals surface area contributed by atoms with Crippen LogP contribution in [0.1, 0.15) is 33.6 Å². The van der Waals surface area contributed by atoms with E-state index in [1.807, 2.05) is 20.8 Å². The molecule has 0 heterocycles. The molecule has 7 heteroatoms. The number of primary amides is 1. The number of rotatable bonds is 7. The Labute approximate surface area is 113 Å². The molecule has 0 spiro atoms. The monoisotopic (exact) mass is 273 g/mol. The van der Waals surface area contributed by atoms with E-state index in [9.17, 15) is 14.4 Å². The minimum atomic E-state index is -1.18. The molecule has 0 aliphatic rings. The topological polar surface area (TPSA) is 113 Å². The standard InChI is InChI=1S/C12H23N3O4/c1-7(2)8(3)15(4)12(19)14-9(11(17)18)5-6-10(13)16/h7-9H,5-6H2,1-4H3,(H2,13,16)(H,14,19)(H,17,18)/t8?,9-/m1/s1. The number of hydrogen-bond donors (Lipinski definition) is 3. The second kappa shape index (κ2) is 7.60. The van der Waals surface area contributed by atoms with Crippen molar-refractivity contribution in [3.8, 4) is 0 Å². The van der Waals surface area contributed by atoms with E-state index in [1.54, 1.807) is 7.05 Å². The molecule has 0 aliphatic carbocycles. The van der Waals surface area contributed by atoms with E-state index in [2.05, 4.69) is 5.32 Å². The van der Waals surface area contributed by atoms with E-state index < -0.39 is 23.9 Å². The molecule has 1 unspecified atom stereocenters. The van der Waals surface area contributed by atoms with Crippen LogP contribution in [0.2, 0.25) is 0 Å².